The molecule has 0 aromatic heterocycles. The maximum Gasteiger partial charge on any atom is 0.264 e. The van der Waals surface area contributed by atoms with Gasteiger partial charge in [0.25, 0.3) is 15.9 Å². The summed E-state index contributed by atoms with van der Waals surface area (Å²) in [6.07, 6.45) is -1.44. The monoisotopic (exact) mass is 510 g/mol. The molecule has 3 aromatic rings. The molecule has 1 N–H and O–H groups in total. The van der Waals surface area contributed by atoms with Crippen LogP contribution in [0, 0.1) is 6.92 Å². The molecule has 0 unspecified atom stereocenters. The van der Waals surface area contributed by atoms with Crippen LogP contribution in [0.25, 0.3) is 0 Å². The summed E-state index contributed by atoms with van der Waals surface area (Å²) < 4.78 is 51.1. The van der Waals surface area contributed by atoms with Crippen LogP contribution in [0.2, 0.25) is 0 Å². The quantitative estimate of drug-likeness (QED) is 0.544. The molecule has 2 heterocycles. The largest absolute Gasteiger partial charge is 0.497 e. The van der Waals surface area contributed by atoms with Crippen molar-refractivity contribution in [2.75, 3.05) is 31.1 Å². The highest BCUT2D eigenvalue weighted by molar-refractivity contribution is 7.92. The molecule has 3 aromatic carbocycles. The standard InChI is InChI=1S/C26H26N2O7S/c1-17-7-12-21-24(13-17)35-25(15-28(21)36(30,31)20-10-8-18(32-2)9-11-20)26(29)27-14-19-16-33-22-5-3-4-6-23(22)34-19/h3-13,19,25H,14-16H2,1-2H3,(H,27,29)/t19-,25+/m1/s1. The van der Waals surface area contributed by atoms with Gasteiger partial charge in [0.05, 0.1) is 30.8 Å². The van der Waals surface area contributed by atoms with Crippen molar-refractivity contribution in [3.63, 3.8) is 0 Å². The van der Waals surface area contributed by atoms with Crippen LogP contribution in [0.1, 0.15) is 5.56 Å². The summed E-state index contributed by atoms with van der Waals surface area (Å²) in [5, 5.41) is 2.82. The molecule has 36 heavy (non-hydrogen) atoms. The van der Waals surface area contributed by atoms with Gasteiger partial charge in [-0.3, -0.25) is 9.10 Å². The van der Waals surface area contributed by atoms with Crippen LogP contribution in [0.3, 0.4) is 0 Å². The summed E-state index contributed by atoms with van der Waals surface area (Å²) in [6.45, 7) is 2.15. The van der Waals surface area contributed by atoms with Gasteiger partial charge in [-0.2, -0.15) is 0 Å². The Balaban J connectivity index is 1.34. The first-order valence-electron chi connectivity index (χ1n) is 11.5. The predicted octanol–water partition coefficient (Wildman–Crippen LogP) is 2.92. The normalized spacial score (nSPS) is 18.6. The van der Waals surface area contributed by atoms with E-state index < -0.39 is 22.0 Å². The van der Waals surface area contributed by atoms with Gasteiger partial charge in [0.1, 0.15) is 24.2 Å². The van der Waals surface area contributed by atoms with Crippen molar-refractivity contribution in [1.82, 2.24) is 5.32 Å². The number of ether oxygens (including phenoxy) is 4. The highest BCUT2D eigenvalue weighted by Gasteiger charge is 2.38. The van der Waals surface area contributed by atoms with Crippen LogP contribution in [0.4, 0.5) is 5.69 Å². The summed E-state index contributed by atoms with van der Waals surface area (Å²) in [5.41, 5.74) is 1.25. The third-order valence-electron chi connectivity index (χ3n) is 6.00. The highest BCUT2D eigenvalue weighted by Crippen LogP contribution is 2.38. The molecule has 0 spiro atoms. The molecule has 2 aliphatic heterocycles. The lowest BCUT2D eigenvalue weighted by atomic mass is 10.1. The minimum atomic E-state index is -3.98. The van der Waals surface area contributed by atoms with Gasteiger partial charge in [0, 0.05) is 0 Å². The van der Waals surface area contributed by atoms with Gasteiger partial charge in [-0.1, -0.05) is 18.2 Å². The van der Waals surface area contributed by atoms with E-state index in [1.165, 1.54) is 23.5 Å². The van der Waals surface area contributed by atoms with Crippen molar-refractivity contribution >= 4 is 21.6 Å². The van der Waals surface area contributed by atoms with Gasteiger partial charge in [0.15, 0.2) is 17.6 Å². The van der Waals surface area contributed by atoms with E-state index in [2.05, 4.69) is 5.32 Å². The fraction of sp³-hybridized carbons (Fsp3) is 0.269. The molecule has 0 bridgehead atoms. The second-order valence-corrected chi connectivity index (χ2v) is 10.4. The molecule has 0 fully saturated rings. The number of rotatable bonds is 6. The summed E-state index contributed by atoms with van der Waals surface area (Å²) in [6, 6.07) is 18.6. The molecule has 9 nitrogen and oxygen atoms in total. The summed E-state index contributed by atoms with van der Waals surface area (Å²) in [4.78, 5) is 13.2. The molecule has 1 amide bonds. The van der Waals surface area contributed by atoms with E-state index in [0.717, 1.165) is 5.56 Å². The Morgan fingerprint density at radius 2 is 1.78 bits per heavy atom. The Labute approximate surface area is 209 Å². The Morgan fingerprint density at radius 1 is 1.03 bits per heavy atom. The molecule has 0 saturated heterocycles. The number of methoxy groups -OCH3 is 1. The Kier molecular flexibility index (Phi) is 6.36. The summed E-state index contributed by atoms with van der Waals surface area (Å²) in [7, 11) is -2.47. The Morgan fingerprint density at radius 3 is 2.53 bits per heavy atom. The zero-order valence-electron chi connectivity index (χ0n) is 19.8. The lowest BCUT2D eigenvalue weighted by Gasteiger charge is -2.35. The van der Waals surface area contributed by atoms with Crippen molar-refractivity contribution in [3.8, 4) is 23.0 Å². The van der Waals surface area contributed by atoms with Crippen LogP contribution >= 0.6 is 0 Å². The number of para-hydroxylation sites is 2. The number of fused-ring (bicyclic) bond motifs is 2. The first-order valence-corrected chi connectivity index (χ1v) is 12.9. The molecular formula is C26H26N2O7S. The lowest BCUT2D eigenvalue weighted by molar-refractivity contribution is -0.128. The van der Waals surface area contributed by atoms with Crippen molar-refractivity contribution in [2.24, 2.45) is 0 Å². The second kappa shape index (κ2) is 9.62. The highest BCUT2D eigenvalue weighted by atomic mass is 32.2. The molecule has 2 aliphatic rings. The van der Waals surface area contributed by atoms with Crippen LogP contribution in [-0.4, -0.2) is 53.3 Å². The Bertz CT molecular complexity index is 1380. The zero-order chi connectivity index (χ0) is 25.3. The molecule has 0 saturated carbocycles. The third-order valence-corrected chi connectivity index (χ3v) is 7.79. The lowest BCUT2D eigenvalue weighted by Crippen LogP contribution is -2.52. The van der Waals surface area contributed by atoms with Crippen molar-refractivity contribution in [3.05, 3.63) is 72.3 Å². The maximum atomic E-state index is 13.6. The maximum absolute atomic E-state index is 13.6. The van der Waals surface area contributed by atoms with Crippen LogP contribution in [0.15, 0.2) is 71.6 Å². The predicted molar refractivity (Wildman–Crippen MR) is 132 cm³/mol. The molecule has 10 heteroatoms. The number of amides is 1. The van der Waals surface area contributed by atoms with E-state index in [-0.39, 0.29) is 30.7 Å². The number of carbonyl (C=O) groups excluding carboxylic acids is 1. The number of hydrogen-bond donors (Lipinski definition) is 1. The number of hydrogen-bond acceptors (Lipinski definition) is 7. The molecule has 5 rings (SSSR count). The minimum absolute atomic E-state index is 0.0855. The van der Waals surface area contributed by atoms with E-state index in [1.807, 2.05) is 25.1 Å². The van der Waals surface area contributed by atoms with Crippen molar-refractivity contribution < 1.29 is 32.2 Å². The number of carbonyl (C=O) groups is 1. The van der Waals surface area contributed by atoms with Crippen LogP contribution in [-0.2, 0) is 14.8 Å². The zero-order valence-corrected chi connectivity index (χ0v) is 20.7. The van der Waals surface area contributed by atoms with Gasteiger partial charge >= 0.3 is 0 Å². The minimum Gasteiger partial charge on any atom is -0.497 e. The average molecular weight is 511 g/mol. The summed E-state index contributed by atoms with van der Waals surface area (Å²) in [5.74, 6) is 1.69. The van der Waals surface area contributed by atoms with Gasteiger partial charge in [-0.25, -0.2) is 8.42 Å². The van der Waals surface area contributed by atoms with Crippen LogP contribution < -0.4 is 28.6 Å². The molecular weight excluding hydrogens is 484 g/mol. The van der Waals surface area contributed by atoms with Gasteiger partial charge < -0.3 is 24.3 Å². The van der Waals surface area contributed by atoms with E-state index in [4.69, 9.17) is 18.9 Å². The number of anilines is 1. The number of benzene rings is 3. The van der Waals surface area contributed by atoms with E-state index in [9.17, 15) is 13.2 Å². The molecule has 188 valence electrons. The van der Waals surface area contributed by atoms with Crippen molar-refractivity contribution in [2.45, 2.75) is 24.0 Å². The molecule has 2 atom stereocenters. The fourth-order valence-corrected chi connectivity index (χ4v) is 5.57. The number of nitrogens with one attached hydrogen (secondary N) is 1. The molecule has 0 radical (unpaired) electrons. The summed E-state index contributed by atoms with van der Waals surface area (Å²) >= 11 is 0. The number of nitrogens with zero attached hydrogens (tertiary/aromatic N) is 1. The second-order valence-electron chi connectivity index (χ2n) is 8.53. The fourth-order valence-electron chi connectivity index (χ4n) is 4.09. The van der Waals surface area contributed by atoms with Crippen LogP contribution in [0.5, 0.6) is 23.0 Å². The first-order chi connectivity index (χ1) is 17.3. The first kappa shape index (κ1) is 23.8. The Hall–Kier alpha value is -3.92. The average Bonchev–Trinajstić information content (AvgIpc) is 2.90. The SMILES string of the molecule is COc1ccc(S(=O)(=O)N2C[C@@H](C(=O)NC[C@@H]3COc4ccccc4O3)Oc3cc(C)ccc32)cc1. The van der Waals surface area contributed by atoms with E-state index >= 15 is 0 Å². The topological polar surface area (TPSA) is 103 Å². The number of aryl methyl sites for hydroxylation is 1. The van der Waals surface area contributed by atoms with Gasteiger partial charge in [-0.15, -0.1) is 0 Å². The van der Waals surface area contributed by atoms with E-state index in [0.29, 0.717) is 28.7 Å². The smallest absolute Gasteiger partial charge is 0.264 e. The van der Waals surface area contributed by atoms with E-state index in [1.54, 1.807) is 36.4 Å². The van der Waals surface area contributed by atoms with Crippen molar-refractivity contribution in [1.29, 1.82) is 0 Å². The van der Waals surface area contributed by atoms with Gasteiger partial charge in [0.2, 0.25) is 0 Å². The molecule has 0 aliphatic carbocycles. The number of sulfonamides is 1. The van der Waals surface area contributed by atoms with Gasteiger partial charge in [-0.05, 0) is 61.0 Å². The third kappa shape index (κ3) is 4.64.